The van der Waals surface area contributed by atoms with Gasteiger partial charge in [-0.2, -0.15) is 0 Å². The Morgan fingerprint density at radius 2 is 2.10 bits per heavy atom. The lowest BCUT2D eigenvalue weighted by atomic mass is 10.1. The van der Waals surface area contributed by atoms with Crippen molar-refractivity contribution in [3.05, 3.63) is 35.9 Å². The second kappa shape index (κ2) is 11.0. The van der Waals surface area contributed by atoms with Crippen LogP contribution >= 0.6 is 12.2 Å². The average Bonchev–Trinajstić information content (AvgIpc) is 3.26. The minimum Gasteiger partial charge on any atom is -0.463 e. The number of hydrogen-bond donors (Lipinski definition) is 2. The van der Waals surface area contributed by atoms with Gasteiger partial charge in [0.15, 0.2) is 5.11 Å². The zero-order valence-corrected chi connectivity index (χ0v) is 17.6. The van der Waals surface area contributed by atoms with Gasteiger partial charge in [0.25, 0.3) is 0 Å². The monoisotopic (exact) mass is 433 g/mol. The van der Waals surface area contributed by atoms with Gasteiger partial charge in [-0.3, -0.25) is 14.4 Å². The molecule has 2 fully saturated rings. The van der Waals surface area contributed by atoms with Gasteiger partial charge >= 0.3 is 5.97 Å². The van der Waals surface area contributed by atoms with Gasteiger partial charge in [0.1, 0.15) is 12.6 Å². The van der Waals surface area contributed by atoms with Gasteiger partial charge in [-0.05, 0) is 37.0 Å². The third-order valence-corrected chi connectivity index (χ3v) is 5.47. The number of nitrogens with zero attached hydrogens (tertiary/aromatic N) is 1. The van der Waals surface area contributed by atoms with Crippen molar-refractivity contribution in [3.8, 4) is 0 Å². The molecule has 1 aromatic carbocycles. The number of esters is 1. The van der Waals surface area contributed by atoms with Crippen LogP contribution in [-0.2, 0) is 30.3 Å². The summed E-state index contributed by atoms with van der Waals surface area (Å²) in [6.07, 6.45) is 2.48. The third kappa shape index (κ3) is 6.50. The molecule has 8 nitrogen and oxygen atoms in total. The maximum absolute atomic E-state index is 12.3. The molecule has 2 amide bonds. The van der Waals surface area contributed by atoms with E-state index in [1.54, 1.807) is 4.90 Å². The summed E-state index contributed by atoms with van der Waals surface area (Å²) in [6.45, 7) is 1.67. The van der Waals surface area contributed by atoms with Crippen LogP contribution < -0.4 is 10.6 Å². The number of benzene rings is 1. The number of carbonyl (C=O) groups is 3. The van der Waals surface area contributed by atoms with E-state index < -0.39 is 12.0 Å². The van der Waals surface area contributed by atoms with Gasteiger partial charge in [0.05, 0.1) is 12.5 Å². The van der Waals surface area contributed by atoms with Crippen molar-refractivity contribution in [3.63, 3.8) is 0 Å². The number of rotatable bonds is 7. The van der Waals surface area contributed by atoms with Crippen LogP contribution in [0.15, 0.2) is 30.3 Å². The summed E-state index contributed by atoms with van der Waals surface area (Å²) in [5.74, 6) is -1.03. The summed E-state index contributed by atoms with van der Waals surface area (Å²) in [4.78, 5) is 38.5. The Labute approximate surface area is 181 Å². The van der Waals surface area contributed by atoms with Crippen molar-refractivity contribution in [1.82, 2.24) is 15.5 Å². The second-order valence-electron chi connectivity index (χ2n) is 7.36. The van der Waals surface area contributed by atoms with Crippen molar-refractivity contribution in [2.24, 2.45) is 0 Å². The van der Waals surface area contributed by atoms with Crippen LogP contribution in [0, 0.1) is 0 Å². The fourth-order valence-electron chi connectivity index (χ4n) is 3.50. The largest absolute Gasteiger partial charge is 0.463 e. The van der Waals surface area contributed by atoms with Crippen LogP contribution in [0.1, 0.15) is 31.2 Å². The van der Waals surface area contributed by atoms with E-state index in [4.69, 9.17) is 21.7 Å². The van der Waals surface area contributed by atoms with Gasteiger partial charge < -0.3 is 25.0 Å². The first-order valence-electron chi connectivity index (χ1n) is 10.2. The molecule has 162 valence electrons. The molecule has 1 aromatic rings. The van der Waals surface area contributed by atoms with E-state index >= 15 is 0 Å². The van der Waals surface area contributed by atoms with Crippen molar-refractivity contribution in [1.29, 1.82) is 0 Å². The minimum atomic E-state index is -0.808. The number of piperazine rings is 1. The molecule has 0 aromatic heterocycles. The Kier molecular flexibility index (Phi) is 8.15. The van der Waals surface area contributed by atoms with Crippen molar-refractivity contribution >= 4 is 35.1 Å². The Morgan fingerprint density at radius 1 is 1.30 bits per heavy atom. The standard InChI is InChI=1S/C21H27N3O5S/c25-18(9-8-15-5-2-1-3-6-15)23-21(30)24-11-10-22-20(27)17(24)13-19(26)29-14-16-7-4-12-28-16/h1-3,5-6,16-17H,4,7-14H2,(H,22,27)(H,23,25,30). The number of ether oxygens (including phenoxy) is 2. The van der Waals surface area contributed by atoms with Crippen molar-refractivity contribution in [2.45, 2.75) is 44.2 Å². The molecule has 2 aliphatic heterocycles. The molecule has 2 atom stereocenters. The molecule has 0 bridgehead atoms. The minimum absolute atomic E-state index is 0.0739. The predicted molar refractivity (Wildman–Crippen MR) is 114 cm³/mol. The molecule has 3 rings (SSSR count). The highest BCUT2D eigenvalue weighted by molar-refractivity contribution is 7.80. The smallest absolute Gasteiger partial charge is 0.308 e. The molecule has 2 unspecified atom stereocenters. The average molecular weight is 434 g/mol. The van der Waals surface area contributed by atoms with Crippen LogP contribution in [0.5, 0.6) is 0 Å². The highest BCUT2D eigenvalue weighted by atomic mass is 32.1. The van der Waals surface area contributed by atoms with Crippen LogP contribution in [-0.4, -0.2) is 66.2 Å². The van der Waals surface area contributed by atoms with Gasteiger partial charge in [-0.1, -0.05) is 30.3 Å². The Morgan fingerprint density at radius 3 is 2.83 bits per heavy atom. The van der Waals surface area contributed by atoms with E-state index in [2.05, 4.69) is 10.6 Å². The Hall–Kier alpha value is -2.52. The number of amides is 2. The molecule has 0 spiro atoms. The topological polar surface area (TPSA) is 97.0 Å². The van der Waals surface area contributed by atoms with E-state index in [1.165, 1.54) is 0 Å². The second-order valence-corrected chi connectivity index (χ2v) is 7.75. The zero-order valence-electron chi connectivity index (χ0n) is 16.8. The summed E-state index contributed by atoms with van der Waals surface area (Å²) in [6, 6.07) is 8.88. The fourth-order valence-corrected chi connectivity index (χ4v) is 3.83. The first-order chi connectivity index (χ1) is 14.5. The maximum Gasteiger partial charge on any atom is 0.308 e. The fraction of sp³-hybridized carbons (Fsp3) is 0.524. The number of nitrogens with one attached hydrogen (secondary N) is 2. The first-order valence-corrected chi connectivity index (χ1v) is 10.6. The highest BCUT2D eigenvalue weighted by Crippen LogP contribution is 2.14. The number of carbonyl (C=O) groups excluding carboxylic acids is 3. The summed E-state index contributed by atoms with van der Waals surface area (Å²) in [7, 11) is 0. The molecule has 0 aliphatic carbocycles. The van der Waals surface area contributed by atoms with E-state index in [0.717, 1.165) is 18.4 Å². The summed E-state index contributed by atoms with van der Waals surface area (Å²) < 4.78 is 10.7. The molecular formula is C21H27N3O5S. The Bertz CT molecular complexity index is 767. The SMILES string of the molecule is O=C(CCc1ccccc1)NC(=S)N1CCNC(=O)C1CC(=O)OCC1CCCO1. The molecule has 2 aliphatic rings. The Balaban J connectivity index is 1.49. The molecule has 2 N–H and O–H groups in total. The van der Waals surface area contributed by atoms with Crippen molar-refractivity contribution < 1.29 is 23.9 Å². The lowest BCUT2D eigenvalue weighted by Crippen LogP contribution is -2.60. The highest BCUT2D eigenvalue weighted by Gasteiger charge is 2.34. The van der Waals surface area contributed by atoms with Gasteiger partial charge in [0.2, 0.25) is 11.8 Å². The quantitative estimate of drug-likeness (QED) is 0.488. The van der Waals surface area contributed by atoms with E-state index in [-0.39, 0.29) is 42.5 Å². The van der Waals surface area contributed by atoms with Gasteiger partial charge in [-0.25, -0.2) is 0 Å². The molecule has 0 radical (unpaired) electrons. The van der Waals surface area contributed by atoms with Gasteiger partial charge in [-0.15, -0.1) is 0 Å². The summed E-state index contributed by atoms with van der Waals surface area (Å²) in [5.41, 5.74) is 1.06. The van der Waals surface area contributed by atoms with Crippen LogP contribution in [0.4, 0.5) is 0 Å². The number of thiocarbonyl (C=S) groups is 1. The lowest BCUT2D eigenvalue weighted by Gasteiger charge is -2.36. The summed E-state index contributed by atoms with van der Waals surface area (Å²) >= 11 is 5.36. The molecule has 30 heavy (non-hydrogen) atoms. The van der Waals surface area contributed by atoms with E-state index in [1.807, 2.05) is 30.3 Å². The number of aryl methyl sites for hydroxylation is 1. The molecule has 9 heteroatoms. The molecule has 2 saturated heterocycles. The third-order valence-electron chi connectivity index (χ3n) is 5.14. The number of hydrogen-bond acceptors (Lipinski definition) is 6. The van der Waals surface area contributed by atoms with E-state index in [9.17, 15) is 14.4 Å². The molecule has 0 saturated carbocycles. The van der Waals surface area contributed by atoms with Gasteiger partial charge in [0, 0.05) is 26.1 Å². The molecule has 2 heterocycles. The lowest BCUT2D eigenvalue weighted by molar-refractivity contribution is -0.150. The summed E-state index contributed by atoms with van der Waals surface area (Å²) in [5, 5.41) is 5.57. The normalized spacial score (nSPS) is 21.1. The van der Waals surface area contributed by atoms with Crippen molar-refractivity contribution in [2.75, 3.05) is 26.3 Å². The first kappa shape index (κ1) is 22.2. The zero-order chi connectivity index (χ0) is 21.3. The molecular weight excluding hydrogens is 406 g/mol. The predicted octanol–water partition coefficient (Wildman–Crippen LogP) is 0.933. The van der Waals surface area contributed by atoms with Crippen LogP contribution in [0.25, 0.3) is 0 Å². The van der Waals surface area contributed by atoms with Crippen LogP contribution in [0.2, 0.25) is 0 Å². The maximum atomic E-state index is 12.3. The van der Waals surface area contributed by atoms with Crippen LogP contribution in [0.3, 0.4) is 0 Å². The van der Waals surface area contributed by atoms with E-state index in [0.29, 0.717) is 26.1 Å².